The van der Waals surface area contributed by atoms with Crippen molar-refractivity contribution in [3.63, 3.8) is 0 Å². The number of aliphatic carboxylic acids is 2. The molecule has 1 aromatic rings. The molecule has 0 aliphatic heterocycles. The van der Waals surface area contributed by atoms with Crippen LogP contribution in [-0.4, -0.2) is 52.8 Å². The van der Waals surface area contributed by atoms with E-state index in [-0.39, 0.29) is 18.5 Å². The van der Waals surface area contributed by atoms with Crippen molar-refractivity contribution in [2.24, 2.45) is 0 Å². The minimum atomic E-state index is -1.26. The van der Waals surface area contributed by atoms with E-state index < -0.39 is 24.0 Å². The molecule has 0 saturated heterocycles. The number of unbranched alkanes of at least 4 members (excludes halogenated alkanes) is 5. The highest BCUT2D eigenvalue weighted by atomic mass is 16.5. The van der Waals surface area contributed by atoms with Crippen LogP contribution in [0.3, 0.4) is 0 Å². The Labute approximate surface area is 207 Å². The summed E-state index contributed by atoms with van der Waals surface area (Å²) in [6.45, 7) is 6.27. The number of rotatable bonds is 16. The molecule has 0 spiro atoms. The van der Waals surface area contributed by atoms with Gasteiger partial charge in [0.1, 0.15) is 18.7 Å². The fourth-order valence-electron chi connectivity index (χ4n) is 3.01. The van der Waals surface area contributed by atoms with Crippen molar-refractivity contribution in [3.8, 4) is 0 Å². The molecular weight excluding hydrogens is 454 g/mol. The van der Waals surface area contributed by atoms with Crippen LogP contribution in [0.2, 0.25) is 0 Å². The summed E-state index contributed by atoms with van der Waals surface area (Å²) in [7, 11) is 0. The van der Waals surface area contributed by atoms with Crippen LogP contribution < -0.4 is 5.32 Å². The highest BCUT2D eigenvalue weighted by molar-refractivity contribution is 5.89. The minimum Gasteiger partial charge on any atom is -0.478 e. The van der Waals surface area contributed by atoms with Crippen molar-refractivity contribution < 1.29 is 38.9 Å². The van der Waals surface area contributed by atoms with E-state index in [2.05, 4.69) is 12.2 Å². The topological polar surface area (TPSA) is 139 Å². The summed E-state index contributed by atoms with van der Waals surface area (Å²) in [6, 6.07) is 8.50. The van der Waals surface area contributed by atoms with Crippen LogP contribution in [0.15, 0.2) is 42.5 Å². The van der Waals surface area contributed by atoms with Gasteiger partial charge in [-0.15, -0.1) is 0 Å². The van der Waals surface area contributed by atoms with Gasteiger partial charge in [-0.1, -0.05) is 75.8 Å². The van der Waals surface area contributed by atoms with Crippen LogP contribution in [0.5, 0.6) is 0 Å². The predicted molar refractivity (Wildman–Crippen MR) is 132 cm³/mol. The molecule has 9 nitrogen and oxygen atoms in total. The first-order valence-corrected chi connectivity index (χ1v) is 12.0. The fourth-order valence-corrected chi connectivity index (χ4v) is 3.01. The highest BCUT2D eigenvalue weighted by Crippen LogP contribution is 2.11. The maximum absolute atomic E-state index is 12.2. The van der Waals surface area contributed by atoms with E-state index in [4.69, 9.17) is 19.7 Å². The molecule has 0 saturated carbocycles. The SMILES string of the molecule is CCCCCCCC[C@H](N[C@@H](C)C(=O)OCc1ccccc1)C(=O)OCC.O=C(O)/C=C\C(=O)O. The van der Waals surface area contributed by atoms with E-state index in [1.54, 1.807) is 13.8 Å². The van der Waals surface area contributed by atoms with E-state index in [0.29, 0.717) is 25.2 Å². The van der Waals surface area contributed by atoms with E-state index in [1.165, 1.54) is 25.7 Å². The van der Waals surface area contributed by atoms with Crippen LogP contribution >= 0.6 is 0 Å². The van der Waals surface area contributed by atoms with Gasteiger partial charge < -0.3 is 19.7 Å². The Bertz CT molecular complexity index is 763. The zero-order chi connectivity index (χ0) is 26.5. The second-order valence-electron chi connectivity index (χ2n) is 7.85. The molecule has 35 heavy (non-hydrogen) atoms. The number of carbonyl (C=O) groups is 4. The van der Waals surface area contributed by atoms with Crippen LogP contribution in [0.1, 0.15) is 71.3 Å². The van der Waals surface area contributed by atoms with Gasteiger partial charge in [-0.3, -0.25) is 14.9 Å². The highest BCUT2D eigenvalue weighted by Gasteiger charge is 2.25. The molecule has 0 aliphatic carbocycles. The second-order valence-corrected chi connectivity index (χ2v) is 7.85. The Balaban J connectivity index is 0.00000124. The van der Waals surface area contributed by atoms with Gasteiger partial charge in [0, 0.05) is 12.2 Å². The average Bonchev–Trinajstić information content (AvgIpc) is 2.83. The molecular formula is C26H39NO8. The molecule has 0 aliphatic rings. The molecule has 9 heteroatoms. The van der Waals surface area contributed by atoms with Crippen LogP contribution in [-0.2, 0) is 35.3 Å². The van der Waals surface area contributed by atoms with Crippen molar-refractivity contribution in [2.75, 3.05) is 6.61 Å². The first-order valence-electron chi connectivity index (χ1n) is 12.0. The summed E-state index contributed by atoms with van der Waals surface area (Å²) in [5.41, 5.74) is 0.937. The van der Waals surface area contributed by atoms with Gasteiger partial charge in [0.05, 0.1) is 6.61 Å². The van der Waals surface area contributed by atoms with E-state index in [9.17, 15) is 19.2 Å². The summed E-state index contributed by atoms with van der Waals surface area (Å²) in [5.74, 6) is -3.18. The molecule has 0 heterocycles. The lowest BCUT2D eigenvalue weighted by molar-refractivity contribution is -0.150. The van der Waals surface area contributed by atoms with Crippen LogP contribution in [0.4, 0.5) is 0 Å². The molecule has 0 bridgehead atoms. The third kappa shape index (κ3) is 17.9. The quantitative estimate of drug-likeness (QED) is 0.176. The first-order chi connectivity index (χ1) is 16.7. The van der Waals surface area contributed by atoms with Gasteiger partial charge in [-0.05, 0) is 25.8 Å². The van der Waals surface area contributed by atoms with Gasteiger partial charge in [0.2, 0.25) is 0 Å². The zero-order valence-electron chi connectivity index (χ0n) is 20.9. The number of hydrogen-bond acceptors (Lipinski definition) is 7. The lowest BCUT2D eigenvalue weighted by Gasteiger charge is -2.21. The number of carboxylic acids is 2. The standard InChI is InChI=1S/C22H35NO4.C4H4O4/c1-4-6-7-8-9-13-16-20(22(25)26-5-2)23-18(3)21(24)27-17-19-14-11-10-12-15-19;5-3(6)1-2-4(7)8/h10-12,14-15,18,20,23H,4-9,13,16-17H2,1-3H3;1-2H,(H,5,6)(H,7,8)/b;2-1-/t18-,20-;/m0./s1. The van der Waals surface area contributed by atoms with Crippen molar-refractivity contribution in [1.29, 1.82) is 0 Å². The largest absolute Gasteiger partial charge is 0.478 e. The Morgan fingerprint density at radius 2 is 1.43 bits per heavy atom. The molecule has 0 aromatic heterocycles. The summed E-state index contributed by atoms with van der Waals surface area (Å²) in [4.78, 5) is 43.6. The number of benzene rings is 1. The van der Waals surface area contributed by atoms with Gasteiger partial charge >= 0.3 is 23.9 Å². The monoisotopic (exact) mass is 493 g/mol. The lowest BCUT2D eigenvalue weighted by atomic mass is 10.0. The third-order valence-electron chi connectivity index (χ3n) is 4.81. The molecule has 196 valence electrons. The van der Waals surface area contributed by atoms with E-state index >= 15 is 0 Å². The fraction of sp³-hybridized carbons (Fsp3) is 0.538. The van der Waals surface area contributed by atoms with Gasteiger partial charge in [0.15, 0.2) is 0 Å². The molecule has 1 aromatic carbocycles. The molecule has 0 amide bonds. The second kappa shape index (κ2) is 20.2. The zero-order valence-corrected chi connectivity index (χ0v) is 20.9. The maximum atomic E-state index is 12.2. The lowest BCUT2D eigenvalue weighted by Crippen LogP contribution is -2.46. The van der Waals surface area contributed by atoms with E-state index in [1.807, 2.05) is 30.3 Å². The van der Waals surface area contributed by atoms with Gasteiger partial charge in [0.25, 0.3) is 0 Å². The number of carboxylic acid groups (broad SMARTS) is 2. The number of nitrogens with one attached hydrogen (secondary N) is 1. The van der Waals surface area contributed by atoms with Gasteiger partial charge in [-0.25, -0.2) is 9.59 Å². The third-order valence-corrected chi connectivity index (χ3v) is 4.81. The number of hydrogen-bond donors (Lipinski definition) is 3. The Morgan fingerprint density at radius 3 is 1.97 bits per heavy atom. The summed E-state index contributed by atoms with van der Waals surface area (Å²) in [5, 5.41) is 18.7. The Hall–Kier alpha value is -3.20. The van der Waals surface area contributed by atoms with Crippen LogP contribution in [0, 0.1) is 0 Å². The Kier molecular flexibility index (Phi) is 18.4. The van der Waals surface area contributed by atoms with Crippen molar-refractivity contribution in [3.05, 3.63) is 48.0 Å². The minimum absolute atomic E-state index is 0.229. The number of esters is 2. The summed E-state index contributed by atoms with van der Waals surface area (Å²) >= 11 is 0. The molecule has 2 atom stereocenters. The number of ether oxygens (including phenoxy) is 2. The maximum Gasteiger partial charge on any atom is 0.328 e. The summed E-state index contributed by atoms with van der Waals surface area (Å²) in [6.07, 6.45) is 8.69. The molecule has 0 radical (unpaired) electrons. The Morgan fingerprint density at radius 1 is 0.857 bits per heavy atom. The number of carbonyl (C=O) groups excluding carboxylic acids is 2. The molecule has 1 rings (SSSR count). The van der Waals surface area contributed by atoms with E-state index in [0.717, 1.165) is 18.4 Å². The predicted octanol–water partition coefficient (Wildman–Crippen LogP) is 4.10. The molecule has 0 fully saturated rings. The normalized spacial score (nSPS) is 12.2. The molecule has 0 unspecified atom stereocenters. The van der Waals surface area contributed by atoms with Crippen molar-refractivity contribution in [1.82, 2.24) is 5.32 Å². The van der Waals surface area contributed by atoms with Crippen molar-refractivity contribution in [2.45, 2.75) is 84.4 Å². The smallest absolute Gasteiger partial charge is 0.328 e. The summed E-state index contributed by atoms with van der Waals surface area (Å²) < 4.78 is 10.5. The van der Waals surface area contributed by atoms with Crippen molar-refractivity contribution >= 4 is 23.9 Å². The van der Waals surface area contributed by atoms with Gasteiger partial charge in [-0.2, -0.15) is 0 Å². The first kappa shape index (κ1) is 31.8. The average molecular weight is 494 g/mol. The molecule has 3 N–H and O–H groups in total. The van der Waals surface area contributed by atoms with Crippen LogP contribution in [0.25, 0.3) is 0 Å².